The molecule has 1 heterocycles. The van der Waals surface area contributed by atoms with Crippen LogP contribution in [0.4, 0.5) is 11.4 Å². The summed E-state index contributed by atoms with van der Waals surface area (Å²) in [7, 11) is 0. The van der Waals surface area contributed by atoms with Crippen molar-refractivity contribution in [1.82, 2.24) is 5.32 Å². The lowest BCUT2D eigenvalue weighted by Crippen LogP contribution is -1.97. The van der Waals surface area contributed by atoms with Crippen LogP contribution in [0.5, 0.6) is 0 Å². The molecule has 0 bridgehead atoms. The smallest absolute Gasteiger partial charge is 0.0750 e. The summed E-state index contributed by atoms with van der Waals surface area (Å²) in [5.74, 6) is 0.591. The molecule has 0 saturated carbocycles. The zero-order chi connectivity index (χ0) is 13.2. The molecule has 0 spiro atoms. The summed E-state index contributed by atoms with van der Waals surface area (Å²) >= 11 is 0. The molecule has 1 aliphatic heterocycles. The van der Waals surface area contributed by atoms with Crippen molar-refractivity contribution in [2.75, 3.05) is 0 Å². The second-order valence-corrected chi connectivity index (χ2v) is 5.42. The molecule has 3 rings (SSSR count). The van der Waals surface area contributed by atoms with Crippen molar-refractivity contribution in [2.24, 2.45) is 0 Å². The van der Waals surface area contributed by atoms with Crippen molar-refractivity contribution >= 4 is 11.4 Å². The molecule has 0 aliphatic carbocycles. The topological polar surface area (TPSA) is 14.1 Å². The van der Waals surface area contributed by atoms with Gasteiger partial charge in [-0.1, -0.05) is 63.1 Å². The van der Waals surface area contributed by atoms with Crippen LogP contribution in [-0.4, -0.2) is 0 Å². The van der Waals surface area contributed by atoms with Crippen molar-refractivity contribution < 1.29 is 0 Å². The fourth-order valence-corrected chi connectivity index (χ4v) is 2.89. The summed E-state index contributed by atoms with van der Waals surface area (Å²) in [5, 5.41) is 4.84. The Kier molecular flexibility index (Phi) is 3.29. The Bertz CT molecular complexity index is 586. The Hall–Kier alpha value is -1.76. The van der Waals surface area contributed by atoms with Crippen LogP contribution in [0, 0.1) is 0 Å². The van der Waals surface area contributed by atoms with Gasteiger partial charge in [-0.2, -0.15) is 0 Å². The molecule has 1 heteroatoms. The monoisotopic (exact) mass is 250 g/mol. The summed E-state index contributed by atoms with van der Waals surface area (Å²) in [6.45, 7) is 4.58. The molecule has 0 N–H and O–H groups in total. The first-order chi connectivity index (χ1) is 9.31. The maximum absolute atomic E-state index is 4.84. The van der Waals surface area contributed by atoms with Crippen LogP contribution >= 0.6 is 0 Å². The first-order valence-corrected chi connectivity index (χ1v) is 7.25. The minimum Gasteiger partial charge on any atom is -0.247 e. The summed E-state index contributed by atoms with van der Waals surface area (Å²) < 4.78 is 0. The van der Waals surface area contributed by atoms with E-state index in [9.17, 15) is 0 Å². The van der Waals surface area contributed by atoms with E-state index in [-0.39, 0.29) is 0 Å². The van der Waals surface area contributed by atoms with E-state index in [4.69, 9.17) is 5.32 Å². The van der Waals surface area contributed by atoms with Crippen LogP contribution in [0.1, 0.15) is 44.6 Å². The van der Waals surface area contributed by atoms with Crippen molar-refractivity contribution in [3.8, 4) is 11.1 Å². The van der Waals surface area contributed by atoms with Crippen LogP contribution in [-0.2, 0) is 0 Å². The maximum atomic E-state index is 4.84. The molecule has 2 aromatic carbocycles. The highest BCUT2D eigenvalue weighted by Crippen LogP contribution is 2.46. The van der Waals surface area contributed by atoms with Crippen molar-refractivity contribution in [2.45, 2.75) is 39.0 Å². The van der Waals surface area contributed by atoms with Gasteiger partial charge >= 0.3 is 0 Å². The van der Waals surface area contributed by atoms with E-state index >= 15 is 0 Å². The molecular formula is C18H20N. The molecule has 1 atom stereocenters. The molecule has 1 nitrogen and oxygen atoms in total. The summed E-state index contributed by atoms with van der Waals surface area (Å²) in [6, 6.07) is 15.1. The second-order valence-electron chi connectivity index (χ2n) is 5.42. The van der Waals surface area contributed by atoms with Crippen LogP contribution in [0.3, 0.4) is 0 Å². The van der Waals surface area contributed by atoms with Gasteiger partial charge in [-0.25, -0.2) is 5.32 Å². The normalized spacial score (nSPS) is 13.6. The van der Waals surface area contributed by atoms with E-state index in [1.807, 2.05) is 0 Å². The standard InChI is InChI=1S/C18H20N/c1-3-4-8-13(2)14-10-7-11-16-15-9-5-6-12-17(15)19-18(14)16/h5-7,9-13H,3-4,8H2,1-2H3. The lowest BCUT2D eigenvalue weighted by molar-refractivity contribution is 0.624. The van der Waals surface area contributed by atoms with Gasteiger partial charge in [0.15, 0.2) is 0 Å². The van der Waals surface area contributed by atoms with Gasteiger partial charge in [0.1, 0.15) is 0 Å². The molecule has 1 radical (unpaired) electrons. The number of para-hydroxylation sites is 2. The van der Waals surface area contributed by atoms with Crippen molar-refractivity contribution in [3.63, 3.8) is 0 Å². The molecule has 2 aromatic rings. The van der Waals surface area contributed by atoms with Gasteiger partial charge in [0.2, 0.25) is 0 Å². The lowest BCUT2D eigenvalue weighted by atomic mass is 9.92. The Labute approximate surface area is 115 Å². The minimum absolute atomic E-state index is 0.591. The lowest BCUT2D eigenvalue weighted by Gasteiger charge is -2.15. The highest BCUT2D eigenvalue weighted by Gasteiger charge is 2.23. The third-order valence-corrected chi connectivity index (χ3v) is 4.02. The molecule has 97 valence electrons. The van der Waals surface area contributed by atoms with E-state index < -0.39 is 0 Å². The third-order valence-electron chi connectivity index (χ3n) is 4.02. The Morgan fingerprint density at radius 3 is 2.63 bits per heavy atom. The van der Waals surface area contributed by atoms with Gasteiger partial charge in [-0.15, -0.1) is 0 Å². The SMILES string of the molecule is CCCCC(C)c1cccc2c1[N]c1ccccc1-2. The highest BCUT2D eigenvalue weighted by atomic mass is 14.9. The molecule has 1 unspecified atom stereocenters. The summed E-state index contributed by atoms with van der Waals surface area (Å²) in [4.78, 5) is 0. The molecule has 0 aromatic heterocycles. The quantitative estimate of drug-likeness (QED) is 0.578. The van der Waals surface area contributed by atoms with Gasteiger partial charge in [0, 0.05) is 11.1 Å². The van der Waals surface area contributed by atoms with Crippen molar-refractivity contribution in [3.05, 3.63) is 48.0 Å². The molecule has 19 heavy (non-hydrogen) atoms. The molecule has 0 amide bonds. The second kappa shape index (κ2) is 5.08. The first-order valence-electron chi connectivity index (χ1n) is 7.25. The average Bonchev–Trinajstić information content (AvgIpc) is 2.83. The van der Waals surface area contributed by atoms with Gasteiger partial charge in [-0.3, -0.25) is 0 Å². The number of nitrogens with zero attached hydrogens (tertiary/aromatic N) is 1. The zero-order valence-corrected chi connectivity index (χ0v) is 11.7. The number of hydrogen-bond acceptors (Lipinski definition) is 0. The Morgan fingerprint density at radius 1 is 1.00 bits per heavy atom. The Morgan fingerprint density at radius 2 is 1.79 bits per heavy atom. The number of hydrogen-bond donors (Lipinski definition) is 0. The molecule has 0 fully saturated rings. The fraction of sp³-hybridized carbons (Fsp3) is 0.333. The maximum Gasteiger partial charge on any atom is 0.0750 e. The third kappa shape index (κ3) is 2.14. The average molecular weight is 250 g/mol. The first kappa shape index (κ1) is 12.3. The number of rotatable bonds is 4. The van der Waals surface area contributed by atoms with Crippen molar-refractivity contribution in [1.29, 1.82) is 0 Å². The fourth-order valence-electron chi connectivity index (χ4n) is 2.89. The highest BCUT2D eigenvalue weighted by molar-refractivity contribution is 5.92. The number of fused-ring (bicyclic) bond motifs is 3. The largest absolute Gasteiger partial charge is 0.247 e. The van der Waals surface area contributed by atoms with Crippen LogP contribution in [0.2, 0.25) is 0 Å². The van der Waals surface area contributed by atoms with Gasteiger partial charge in [0.05, 0.1) is 11.4 Å². The predicted molar refractivity (Wildman–Crippen MR) is 81.3 cm³/mol. The van der Waals surface area contributed by atoms with E-state index in [1.165, 1.54) is 41.6 Å². The minimum atomic E-state index is 0.591. The molecular weight excluding hydrogens is 230 g/mol. The number of unbranched alkanes of at least 4 members (excludes halogenated alkanes) is 1. The predicted octanol–water partition coefficient (Wildman–Crippen LogP) is 5.53. The van der Waals surface area contributed by atoms with E-state index in [1.54, 1.807) is 0 Å². The Balaban J connectivity index is 1.99. The van der Waals surface area contributed by atoms with Gasteiger partial charge < -0.3 is 0 Å². The van der Waals surface area contributed by atoms with E-state index in [0.717, 1.165) is 5.69 Å². The van der Waals surface area contributed by atoms with Crippen LogP contribution < -0.4 is 5.32 Å². The molecule has 1 aliphatic rings. The van der Waals surface area contributed by atoms with Crippen LogP contribution in [0.25, 0.3) is 11.1 Å². The summed E-state index contributed by atoms with van der Waals surface area (Å²) in [5.41, 5.74) is 6.31. The van der Waals surface area contributed by atoms with Gasteiger partial charge in [-0.05, 0) is 24.0 Å². The van der Waals surface area contributed by atoms with E-state index in [2.05, 4.69) is 56.3 Å². The zero-order valence-electron chi connectivity index (χ0n) is 11.7. The molecule has 0 saturated heterocycles. The van der Waals surface area contributed by atoms with Gasteiger partial charge in [0.25, 0.3) is 0 Å². The number of benzene rings is 2. The van der Waals surface area contributed by atoms with Crippen LogP contribution in [0.15, 0.2) is 42.5 Å². The summed E-state index contributed by atoms with van der Waals surface area (Å²) in [6.07, 6.45) is 3.80. The van der Waals surface area contributed by atoms with E-state index in [0.29, 0.717) is 5.92 Å².